The van der Waals surface area contributed by atoms with Crippen molar-refractivity contribution in [3.05, 3.63) is 59.9 Å². The molecule has 0 saturated heterocycles. The van der Waals surface area contributed by atoms with Gasteiger partial charge in [0, 0.05) is 11.9 Å². The first-order chi connectivity index (χ1) is 11.5. The summed E-state index contributed by atoms with van der Waals surface area (Å²) in [5.74, 6) is -0.656. The Labute approximate surface area is 142 Å². The van der Waals surface area contributed by atoms with Gasteiger partial charge in [-0.15, -0.1) is 0 Å². The highest BCUT2D eigenvalue weighted by atomic mass is 16.5. The Hall–Kier alpha value is -2.69. The number of hydrogen-bond donors (Lipinski definition) is 1. The van der Waals surface area contributed by atoms with Crippen LogP contribution >= 0.6 is 0 Å². The molecular formula is C19H22N2O3. The molecule has 0 aliphatic rings. The van der Waals surface area contributed by atoms with Crippen molar-refractivity contribution in [2.24, 2.45) is 0 Å². The summed E-state index contributed by atoms with van der Waals surface area (Å²) in [7, 11) is 0. The molecule has 0 spiro atoms. The number of anilines is 1. The van der Waals surface area contributed by atoms with E-state index in [2.05, 4.69) is 24.1 Å². The zero-order valence-corrected chi connectivity index (χ0v) is 14.2. The molecule has 1 amide bonds. The molecule has 2 atom stereocenters. The van der Waals surface area contributed by atoms with Crippen LogP contribution < -0.4 is 5.32 Å². The summed E-state index contributed by atoms with van der Waals surface area (Å²) in [6.45, 7) is 5.75. The molecule has 0 aliphatic carbocycles. The van der Waals surface area contributed by atoms with Crippen LogP contribution in [0.1, 0.15) is 49.2 Å². The van der Waals surface area contributed by atoms with E-state index in [4.69, 9.17) is 4.74 Å². The number of carbonyl (C=O) groups excluding carboxylic acids is 2. The van der Waals surface area contributed by atoms with Crippen molar-refractivity contribution in [1.29, 1.82) is 0 Å². The molecular weight excluding hydrogens is 304 g/mol. The maximum absolute atomic E-state index is 12.3. The van der Waals surface area contributed by atoms with Gasteiger partial charge in [0.05, 0.1) is 0 Å². The summed E-state index contributed by atoms with van der Waals surface area (Å²) in [6, 6.07) is 12.6. The van der Waals surface area contributed by atoms with E-state index in [0.717, 1.165) is 17.7 Å². The lowest BCUT2D eigenvalue weighted by Crippen LogP contribution is -2.30. The molecule has 2 rings (SSSR count). The number of aromatic nitrogens is 1. The highest BCUT2D eigenvalue weighted by Crippen LogP contribution is 2.26. The van der Waals surface area contributed by atoms with E-state index < -0.39 is 12.1 Å². The third-order valence-corrected chi connectivity index (χ3v) is 3.89. The molecule has 5 nitrogen and oxygen atoms in total. The molecule has 1 N–H and O–H groups in total. The fourth-order valence-corrected chi connectivity index (χ4v) is 2.25. The molecule has 0 unspecified atom stereocenters. The van der Waals surface area contributed by atoms with Crippen molar-refractivity contribution < 1.29 is 14.3 Å². The third-order valence-electron chi connectivity index (χ3n) is 3.89. The van der Waals surface area contributed by atoms with Gasteiger partial charge in [-0.2, -0.15) is 0 Å². The van der Waals surface area contributed by atoms with Crippen LogP contribution in [-0.2, 0) is 9.53 Å². The Balaban J connectivity index is 2.03. The molecule has 1 heterocycles. The van der Waals surface area contributed by atoms with E-state index in [1.807, 2.05) is 24.3 Å². The van der Waals surface area contributed by atoms with E-state index >= 15 is 0 Å². The van der Waals surface area contributed by atoms with Crippen LogP contribution in [0.4, 0.5) is 5.69 Å². The third kappa shape index (κ3) is 4.41. The first-order valence-corrected chi connectivity index (χ1v) is 8.04. The normalized spacial score (nSPS) is 13.0. The van der Waals surface area contributed by atoms with Gasteiger partial charge in [-0.1, -0.05) is 38.1 Å². The predicted molar refractivity (Wildman–Crippen MR) is 92.9 cm³/mol. The quantitative estimate of drug-likeness (QED) is 0.820. The van der Waals surface area contributed by atoms with Crippen LogP contribution in [0.3, 0.4) is 0 Å². The van der Waals surface area contributed by atoms with Crippen LogP contribution in [0.2, 0.25) is 0 Å². The minimum absolute atomic E-state index is 0.178. The van der Waals surface area contributed by atoms with Gasteiger partial charge in [0.1, 0.15) is 5.69 Å². The van der Waals surface area contributed by atoms with E-state index in [0.29, 0.717) is 5.92 Å². The first-order valence-electron chi connectivity index (χ1n) is 8.04. The van der Waals surface area contributed by atoms with Gasteiger partial charge in [-0.25, -0.2) is 9.78 Å². The van der Waals surface area contributed by atoms with Gasteiger partial charge in [0.25, 0.3) is 5.91 Å². The van der Waals surface area contributed by atoms with Crippen LogP contribution in [0, 0.1) is 0 Å². The number of ether oxygens (including phenoxy) is 1. The lowest BCUT2D eigenvalue weighted by molar-refractivity contribution is -0.123. The summed E-state index contributed by atoms with van der Waals surface area (Å²) in [6.07, 6.45) is 1.56. The number of carbonyl (C=O) groups is 2. The van der Waals surface area contributed by atoms with Crippen LogP contribution in [0.15, 0.2) is 48.7 Å². The van der Waals surface area contributed by atoms with Crippen molar-refractivity contribution >= 4 is 17.6 Å². The molecule has 0 fully saturated rings. The SMILES string of the molecule is CC[C@@H](C)c1ccccc1NC(=O)[C@H](C)OC(=O)c1ccccn1. The molecule has 24 heavy (non-hydrogen) atoms. The van der Waals surface area contributed by atoms with Gasteiger partial charge < -0.3 is 10.1 Å². The zero-order chi connectivity index (χ0) is 17.5. The van der Waals surface area contributed by atoms with Gasteiger partial charge in [-0.05, 0) is 43.0 Å². The minimum Gasteiger partial charge on any atom is -0.448 e. The Bertz CT molecular complexity index is 701. The van der Waals surface area contributed by atoms with Crippen LogP contribution in [0.5, 0.6) is 0 Å². The van der Waals surface area contributed by atoms with Crippen molar-refractivity contribution in [3.63, 3.8) is 0 Å². The molecule has 0 bridgehead atoms. The number of rotatable bonds is 6. The Kier molecular flexibility index (Phi) is 6.07. The van der Waals surface area contributed by atoms with E-state index in [9.17, 15) is 9.59 Å². The molecule has 5 heteroatoms. The van der Waals surface area contributed by atoms with E-state index in [-0.39, 0.29) is 11.6 Å². The highest BCUT2D eigenvalue weighted by molar-refractivity contribution is 5.97. The molecule has 2 aromatic rings. The molecule has 1 aromatic carbocycles. The number of hydrogen-bond acceptors (Lipinski definition) is 4. The fraction of sp³-hybridized carbons (Fsp3) is 0.316. The van der Waals surface area contributed by atoms with Gasteiger partial charge in [0.2, 0.25) is 0 Å². The number of nitrogens with zero attached hydrogens (tertiary/aromatic N) is 1. The summed E-state index contributed by atoms with van der Waals surface area (Å²) in [4.78, 5) is 28.2. The number of benzene rings is 1. The molecule has 1 aromatic heterocycles. The molecule has 0 aliphatic heterocycles. The first kappa shape index (κ1) is 17.7. The summed E-state index contributed by atoms with van der Waals surface area (Å²) >= 11 is 0. The zero-order valence-electron chi connectivity index (χ0n) is 14.2. The predicted octanol–water partition coefficient (Wildman–Crippen LogP) is 3.78. The van der Waals surface area contributed by atoms with E-state index in [1.165, 1.54) is 6.20 Å². The highest BCUT2D eigenvalue weighted by Gasteiger charge is 2.21. The molecule has 0 saturated carbocycles. The second kappa shape index (κ2) is 8.24. The monoisotopic (exact) mass is 326 g/mol. The number of esters is 1. The average Bonchev–Trinajstić information content (AvgIpc) is 2.62. The lowest BCUT2D eigenvalue weighted by Gasteiger charge is -2.18. The smallest absolute Gasteiger partial charge is 0.357 e. The second-order valence-corrected chi connectivity index (χ2v) is 5.65. The van der Waals surface area contributed by atoms with Crippen LogP contribution in [0.25, 0.3) is 0 Å². The Morgan fingerprint density at radius 1 is 1.12 bits per heavy atom. The van der Waals surface area contributed by atoms with Crippen molar-refractivity contribution in [2.45, 2.75) is 39.2 Å². The Morgan fingerprint density at radius 2 is 1.83 bits per heavy atom. The van der Waals surface area contributed by atoms with Gasteiger partial charge in [-0.3, -0.25) is 4.79 Å². The summed E-state index contributed by atoms with van der Waals surface area (Å²) < 4.78 is 5.18. The number of nitrogens with one attached hydrogen (secondary N) is 1. The molecule has 0 radical (unpaired) electrons. The van der Waals surface area contributed by atoms with Crippen molar-refractivity contribution in [1.82, 2.24) is 4.98 Å². The second-order valence-electron chi connectivity index (χ2n) is 5.65. The van der Waals surface area contributed by atoms with Gasteiger partial charge >= 0.3 is 5.97 Å². The number of para-hydroxylation sites is 1. The van der Waals surface area contributed by atoms with Crippen molar-refractivity contribution in [3.8, 4) is 0 Å². The van der Waals surface area contributed by atoms with Crippen LogP contribution in [-0.4, -0.2) is 23.0 Å². The fourth-order valence-electron chi connectivity index (χ4n) is 2.25. The lowest BCUT2D eigenvalue weighted by atomic mass is 9.97. The van der Waals surface area contributed by atoms with E-state index in [1.54, 1.807) is 25.1 Å². The minimum atomic E-state index is -0.913. The Morgan fingerprint density at radius 3 is 2.50 bits per heavy atom. The topological polar surface area (TPSA) is 68.3 Å². The maximum Gasteiger partial charge on any atom is 0.357 e. The van der Waals surface area contributed by atoms with Gasteiger partial charge in [0.15, 0.2) is 6.10 Å². The largest absolute Gasteiger partial charge is 0.448 e. The van der Waals surface area contributed by atoms with Crippen molar-refractivity contribution in [2.75, 3.05) is 5.32 Å². The summed E-state index contributed by atoms with van der Waals surface area (Å²) in [5.41, 5.74) is 1.99. The standard InChI is InChI=1S/C19H22N2O3/c1-4-13(2)15-9-5-6-10-16(15)21-18(22)14(3)24-19(23)17-11-7-8-12-20-17/h5-14H,4H2,1-3H3,(H,21,22)/t13-,14+/m1/s1. The average molecular weight is 326 g/mol. The number of pyridine rings is 1. The summed E-state index contributed by atoms with van der Waals surface area (Å²) in [5, 5.41) is 2.85. The number of amides is 1. The molecule has 126 valence electrons. The maximum atomic E-state index is 12.3.